The molecule has 0 heterocycles. The highest BCUT2D eigenvalue weighted by Gasteiger charge is 2.09. The van der Waals surface area contributed by atoms with Crippen LogP contribution in [0.2, 0.25) is 0 Å². The first-order valence-electron chi connectivity index (χ1n) is 5.81. The summed E-state index contributed by atoms with van der Waals surface area (Å²) in [6.07, 6.45) is 1.67. The molecule has 1 N–H and O–H groups in total. The standard InChI is InChI=1S/C14H19NO3/c1-4-9-18-13-7-5-12(6-8-13)14(16)15-11(2)10-17-3/h4-8,11H,1,9-10H2,2-3H3,(H,15,16)/t11-/m0/s1. The Bertz CT molecular complexity index is 387. The van der Waals surface area contributed by atoms with Crippen molar-refractivity contribution in [2.45, 2.75) is 13.0 Å². The topological polar surface area (TPSA) is 47.6 Å². The van der Waals surface area contributed by atoms with Gasteiger partial charge in [-0.05, 0) is 31.2 Å². The van der Waals surface area contributed by atoms with Crippen LogP contribution in [-0.4, -0.2) is 32.3 Å². The fourth-order valence-electron chi connectivity index (χ4n) is 1.46. The van der Waals surface area contributed by atoms with Gasteiger partial charge in [0.1, 0.15) is 12.4 Å². The van der Waals surface area contributed by atoms with Crippen LogP contribution in [0.4, 0.5) is 0 Å². The van der Waals surface area contributed by atoms with Gasteiger partial charge in [-0.1, -0.05) is 12.7 Å². The van der Waals surface area contributed by atoms with E-state index in [4.69, 9.17) is 9.47 Å². The fraction of sp³-hybridized carbons (Fsp3) is 0.357. The van der Waals surface area contributed by atoms with Crippen LogP contribution in [0.1, 0.15) is 17.3 Å². The summed E-state index contributed by atoms with van der Waals surface area (Å²) in [7, 11) is 1.61. The summed E-state index contributed by atoms with van der Waals surface area (Å²) < 4.78 is 10.3. The zero-order valence-electron chi connectivity index (χ0n) is 10.8. The molecule has 0 saturated carbocycles. The van der Waals surface area contributed by atoms with E-state index in [9.17, 15) is 4.79 Å². The average Bonchev–Trinajstić information content (AvgIpc) is 2.37. The van der Waals surface area contributed by atoms with Gasteiger partial charge in [-0.3, -0.25) is 4.79 Å². The molecule has 1 aromatic rings. The number of amides is 1. The Kier molecular flexibility index (Phi) is 5.94. The third-order valence-electron chi connectivity index (χ3n) is 2.28. The third-order valence-corrected chi connectivity index (χ3v) is 2.28. The lowest BCUT2D eigenvalue weighted by Crippen LogP contribution is -2.35. The number of rotatable bonds is 7. The first kappa shape index (κ1) is 14.3. The molecule has 0 radical (unpaired) electrons. The molecule has 98 valence electrons. The SMILES string of the molecule is C=CCOc1ccc(C(=O)N[C@@H](C)COC)cc1. The predicted octanol–water partition coefficient (Wildman–Crippen LogP) is 2.02. The molecule has 0 fully saturated rings. The van der Waals surface area contributed by atoms with E-state index in [-0.39, 0.29) is 11.9 Å². The molecule has 0 spiro atoms. The van der Waals surface area contributed by atoms with Crippen LogP contribution in [0.3, 0.4) is 0 Å². The summed E-state index contributed by atoms with van der Waals surface area (Å²) in [5, 5.41) is 2.84. The smallest absolute Gasteiger partial charge is 0.251 e. The Morgan fingerprint density at radius 1 is 1.44 bits per heavy atom. The summed E-state index contributed by atoms with van der Waals surface area (Å²) in [5.74, 6) is 0.603. The zero-order chi connectivity index (χ0) is 13.4. The third kappa shape index (κ3) is 4.59. The summed E-state index contributed by atoms with van der Waals surface area (Å²) >= 11 is 0. The molecule has 0 aliphatic heterocycles. The van der Waals surface area contributed by atoms with Crippen LogP contribution < -0.4 is 10.1 Å². The molecular weight excluding hydrogens is 230 g/mol. The number of carbonyl (C=O) groups excluding carboxylic acids is 1. The molecule has 0 aliphatic rings. The predicted molar refractivity (Wildman–Crippen MR) is 70.9 cm³/mol. The van der Waals surface area contributed by atoms with Crippen molar-refractivity contribution in [3.63, 3.8) is 0 Å². The van der Waals surface area contributed by atoms with E-state index in [0.717, 1.165) is 5.75 Å². The first-order valence-corrected chi connectivity index (χ1v) is 5.81. The molecule has 1 aromatic carbocycles. The quantitative estimate of drug-likeness (QED) is 0.752. The second-order valence-corrected chi connectivity index (χ2v) is 3.95. The molecule has 4 heteroatoms. The highest BCUT2D eigenvalue weighted by molar-refractivity contribution is 5.94. The van der Waals surface area contributed by atoms with Crippen molar-refractivity contribution in [3.8, 4) is 5.75 Å². The molecular formula is C14H19NO3. The van der Waals surface area contributed by atoms with Crippen LogP contribution in [0, 0.1) is 0 Å². The van der Waals surface area contributed by atoms with Crippen molar-refractivity contribution in [1.82, 2.24) is 5.32 Å². The molecule has 1 amide bonds. The fourth-order valence-corrected chi connectivity index (χ4v) is 1.46. The largest absolute Gasteiger partial charge is 0.490 e. The van der Waals surface area contributed by atoms with Gasteiger partial charge in [0.05, 0.1) is 6.61 Å². The lowest BCUT2D eigenvalue weighted by molar-refractivity contribution is 0.0905. The maximum Gasteiger partial charge on any atom is 0.251 e. The number of ether oxygens (including phenoxy) is 2. The minimum atomic E-state index is -0.116. The first-order chi connectivity index (χ1) is 8.67. The molecule has 0 unspecified atom stereocenters. The van der Waals surface area contributed by atoms with E-state index >= 15 is 0 Å². The van der Waals surface area contributed by atoms with Crippen molar-refractivity contribution in [2.24, 2.45) is 0 Å². The molecule has 0 aliphatic carbocycles. The zero-order valence-corrected chi connectivity index (χ0v) is 10.8. The number of carbonyl (C=O) groups is 1. The van der Waals surface area contributed by atoms with E-state index in [2.05, 4.69) is 11.9 Å². The van der Waals surface area contributed by atoms with Gasteiger partial charge in [0.2, 0.25) is 0 Å². The Morgan fingerprint density at radius 3 is 2.67 bits per heavy atom. The van der Waals surface area contributed by atoms with Crippen molar-refractivity contribution in [1.29, 1.82) is 0 Å². The van der Waals surface area contributed by atoms with Gasteiger partial charge in [-0.25, -0.2) is 0 Å². The van der Waals surface area contributed by atoms with Crippen molar-refractivity contribution in [2.75, 3.05) is 20.3 Å². The Hall–Kier alpha value is -1.81. The monoisotopic (exact) mass is 249 g/mol. The number of hydrogen-bond donors (Lipinski definition) is 1. The van der Waals surface area contributed by atoms with E-state index < -0.39 is 0 Å². The normalized spacial score (nSPS) is 11.7. The Morgan fingerprint density at radius 2 is 2.11 bits per heavy atom. The van der Waals surface area contributed by atoms with Crippen molar-refractivity contribution >= 4 is 5.91 Å². The summed E-state index contributed by atoms with van der Waals surface area (Å²) in [5.41, 5.74) is 0.601. The minimum Gasteiger partial charge on any atom is -0.490 e. The second kappa shape index (κ2) is 7.50. The average molecular weight is 249 g/mol. The summed E-state index contributed by atoms with van der Waals surface area (Å²) in [6.45, 7) is 6.41. The number of hydrogen-bond acceptors (Lipinski definition) is 3. The maximum absolute atomic E-state index is 11.8. The van der Waals surface area contributed by atoms with Crippen molar-refractivity contribution in [3.05, 3.63) is 42.5 Å². The molecule has 18 heavy (non-hydrogen) atoms. The van der Waals surface area contributed by atoms with Gasteiger partial charge >= 0.3 is 0 Å². The summed E-state index contributed by atoms with van der Waals surface area (Å²) in [4.78, 5) is 11.8. The van der Waals surface area contributed by atoms with Gasteiger partial charge in [0.25, 0.3) is 5.91 Å². The molecule has 1 rings (SSSR count). The Balaban J connectivity index is 2.55. The number of benzene rings is 1. The molecule has 0 aromatic heterocycles. The van der Waals surface area contributed by atoms with Gasteiger partial charge in [-0.15, -0.1) is 0 Å². The molecule has 0 saturated heterocycles. The van der Waals surface area contributed by atoms with Crippen LogP contribution in [0.15, 0.2) is 36.9 Å². The van der Waals surface area contributed by atoms with E-state index in [1.54, 1.807) is 37.5 Å². The molecule has 0 bridgehead atoms. The van der Waals surface area contributed by atoms with Crippen LogP contribution >= 0.6 is 0 Å². The minimum absolute atomic E-state index is 0.0146. The van der Waals surface area contributed by atoms with Gasteiger partial charge in [0, 0.05) is 18.7 Å². The van der Waals surface area contributed by atoms with Crippen LogP contribution in [0.25, 0.3) is 0 Å². The van der Waals surface area contributed by atoms with Crippen LogP contribution in [-0.2, 0) is 4.74 Å². The van der Waals surface area contributed by atoms with Gasteiger partial charge in [-0.2, -0.15) is 0 Å². The molecule has 1 atom stereocenters. The maximum atomic E-state index is 11.8. The molecule has 4 nitrogen and oxygen atoms in total. The van der Waals surface area contributed by atoms with Gasteiger partial charge in [0.15, 0.2) is 0 Å². The highest BCUT2D eigenvalue weighted by Crippen LogP contribution is 2.12. The number of methoxy groups -OCH3 is 1. The summed E-state index contributed by atoms with van der Waals surface area (Å²) in [6, 6.07) is 6.97. The van der Waals surface area contributed by atoms with E-state index in [1.165, 1.54) is 0 Å². The number of nitrogens with one attached hydrogen (secondary N) is 1. The van der Waals surface area contributed by atoms with E-state index in [0.29, 0.717) is 18.8 Å². The highest BCUT2D eigenvalue weighted by atomic mass is 16.5. The lowest BCUT2D eigenvalue weighted by Gasteiger charge is -2.12. The van der Waals surface area contributed by atoms with Crippen molar-refractivity contribution < 1.29 is 14.3 Å². The van der Waals surface area contributed by atoms with Gasteiger partial charge < -0.3 is 14.8 Å². The Labute approximate surface area is 108 Å². The lowest BCUT2D eigenvalue weighted by atomic mass is 10.2. The van der Waals surface area contributed by atoms with E-state index in [1.807, 2.05) is 6.92 Å². The second-order valence-electron chi connectivity index (χ2n) is 3.95. The van der Waals surface area contributed by atoms with Crippen LogP contribution in [0.5, 0.6) is 5.75 Å².